The van der Waals surface area contributed by atoms with E-state index in [9.17, 15) is 13.2 Å². The fraction of sp³-hybridized carbons (Fsp3) is 0.286. The van der Waals surface area contributed by atoms with Crippen molar-refractivity contribution in [2.24, 2.45) is 0 Å². The second-order valence-corrected chi connectivity index (χ2v) is 16.6. The molecular formula is C49H46ClF4N5O. The van der Waals surface area contributed by atoms with Crippen LogP contribution in [0.5, 0.6) is 0 Å². The van der Waals surface area contributed by atoms with Crippen LogP contribution in [-0.4, -0.2) is 47.8 Å². The van der Waals surface area contributed by atoms with Crippen LogP contribution in [0.3, 0.4) is 0 Å². The molecule has 5 heterocycles. The van der Waals surface area contributed by atoms with Crippen LogP contribution in [0.4, 0.5) is 34.6 Å². The standard InChI is InChI=1S/C31H32F2N4O.C18H14ClF2N/c1-20-25(10-9-21-7-5-4-6-8-21)35-26-16-22(32)15-24(33)28(26)29(20)37-19-31(2,3)30-27(37)17-23(18-34-30)36-11-13-38-14-12-36;1-11-15(8-7-12-5-3-2-4-6-12)22-16-10-13(20)9-14(21)17(16)18(11)19/h4-8,15-18H,9-14,19H2,1-3H3;2-6,9-10H,7-8H2,1H3. The summed E-state index contributed by atoms with van der Waals surface area (Å²) in [6.07, 6.45) is 4.88. The van der Waals surface area contributed by atoms with Gasteiger partial charge in [-0.15, -0.1) is 0 Å². The number of fused-ring (bicyclic) bond motifs is 3. The Morgan fingerprint density at radius 2 is 1.22 bits per heavy atom. The van der Waals surface area contributed by atoms with Crippen molar-refractivity contribution in [2.75, 3.05) is 42.6 Å². The minimum atomic E-state index is -0.676. The van der Waals surface area contributed by atoms with E-state index in [0.29, 0.717) is 48.5 Å². The Labute approximate surface area is 352 Å². The summed E-state index contributed by atoms with van der Waals surface area (Å²) >= 11 is 6.27. The summed E-state index contributed by atoms with van der Waals surface area (Å²) in [4.78, 5) is 18.6. The number of aromatic nitrogens is 3. The third-order valence-corrected chi connectivity index (χ3v) is 12.0. The Bertz CT molecular complexity index is 2690. The van der Waals surface area contributed by atoms with E-state index < -0.39 is 23.3 Å². The maximum absolute atomic E-state index is 15.5. The van der Waals surface area contributed by atoms with E-state index in [1.807, 2.05) is 68.6 Å². The quantitative estimate of drug-likeness (QED) is 0.142. The summed E-state index contributed by atoms with van der Waals surface area (Å²) in [6, 6.07) is 26.7. The third-order valence-electron chi connectivity index (χ3n) is 11.6. The molecule has 9 rings (SSSR count). The summed E-state index contributed by atoms with van der Waals surface area (Å²) in [5.74, 6) is -2.54. The van der Waals surface area contributed by atoms with Crippen molar-refractivity contribution in [2.45, 2.75) is 58.8 Å². The van der Waals surface area contributed by atoms with Crippen LogP contribution in [0.2, 0.25) is 5.02 Å². The zero-order valence-corrected chi connectivity index (χ0v) is 34.9. The molecule has 0 bridgehead atoms. The Hall–Kier alpha value is -5.58. The van der Waals surface area contributed by atoms with Crippen molar-refractivity contribution in [3.05, 3.63) is 165 Å². The molecule has 1 fully saturated rings. The predicted octanol–water partition coefficient (Wildman–Crippen LogP) is 11.5. The Morgan fingerprint density at radius 3 is 1.80 bits per heavy atom. The monoisotopic (exact) mass is 831 g/mol. The van der Waals surface area contributed by atoms with E-state index in [4.69, 9.17) is 26.3 Å². The number of hydrogen-bond acceptors (Lipinski definition) is 6. The van der Waals surface area contributed by atoms with Gasteiger partial charge in [0.15, 0.2) is 0 Å². The average molecular weight is 832 g/mol. The number of aryl methyl sites for hydroxylation is 4. The van der Waals surface area contributed by atoms with Gasteiger partial charge in [0.25, 0.3) is 0 Å². The van der Waals surface area contributed by atoms with E-state index in [1.165, 1.54) is 23.3 Å². The van der Waals surface area contributed by atoms with Gasteiger partial charge in [-0.1, -0.05) is 86.1 Å². The minimum Gasteiger partial charge on any atom is -0.378 e. The molecule has 6 nitrogen and oxygen atoms in total. The third kappa shape index (κ3) is 8.40. The first-order valence-electron chi connectivity index (χ1n) is 20.3. The zero-order valence-electron chi connectivity index (χ0n) is 34.1. The molecule has 2 aliphatic rings. The second kappa shape index (κ2) is 17.2. The molecule has 0 atom stereocenters. The van der Waals surface area contributed by atoms with E-state index >= 15 is 4.39 Å². The van der Waals surface area contributed by atoms with Gasteiger partial charge in [0.1, 0.15) is 23.3 Å². The highest BCUT2D eigenvalue weighted by molar-refractivity contribution is 6.36. The van der Waals surface area contributed by atoms with Crippen LogP contribution < -0.4 is 9.80 Å². The fourth-order valence-corrected chi connectivity index (χ4v) is 8.70. The molecule has 0 spiro atoms. The van der Waals surface area contributed by atoms with Crippen LogP contribution in [0.15, 0.2) is 97.2 Å². The molecule has 0 saturated carbocycles. The number of pyridine rings is 3. The lowest BCUT2D eigenvalue weighted by Gasteiger charge is -2.30. The highest BCUT2D eigenvalue weighted by Crippen LogP contribution is 2.48. The van der Waals surface area contributed by atoms with Crippen LogP contribution in [0.1, 0.15) is 53.2 Å². The van der Waals surface area contributed by atoms with E-state index in [1.54, 1.807) is 0 Å². The fourth-order valence-electron chi connectivity index (χ4n) is 8.40. The van der Waals surface area contributed by atoms with Crippen LogP contribution >= 0.6 is 11.6 Å². The van der Waals surface area contributed by atoms with Gasteiger partial charge in [0, 0.05) is 60.7 Å². The van der Waals surface area contributed by atoms with Gasteiger partial charge in [-0.05, 0) is 67.9 Å². The molecule has 2 aliphatic heterocycles. The number of anilines is 3. The number of halogens is 5. The number of ether oxygens (including phenoxy) is 1. The summed E-state index contributed by atoms with van der Waals surface area (Å²) in [5, 5.41) is 0.849. The lowest BCUT2D eigenvalue weighted by molar-refractivity contribution is 0.122. The smallest absolute Gasteiger partial charge is 0.137 e. The molecule has 0 radical (unpaired) electrons. The van der Waals surface area contributed by atoms with Gasteiger partial charge in [-0.3, -0.25) is 15.0 Å². The first-order valence-corrected chi connectivity index (χ1v) is 20.7. The number of nitrogens with zero attached hydrogens (tertiary/aromatic N) is 5. The molecule has 0 unspecified atom stereocenters. The molecule has 1 saturated heterocycles. The van der Waals surface area contributed by atoms with Gasteiger partial charge >= 0.3 is 0 Å². The maximum atomic E-state index is 15.5. The number of benzene rings is 4. The SMILES string of the molecule is Cc1c(CCc2ccccc2)nc2cc(F)cc(F)c2c1Cl.Cc1c(CCc2ccccc2)nc2cc(F)cc(F)c2c1N1CC(C)(C)c2ncc(N3CCOCC3)cc21. The van der Waals surface area contributed by atoms with Crippen molar-refractivity contribution in [3.8, 4) is 0 Å². The Kier molecular flexibility index (Phi) is 11.8. The molecule has 0 aliphatic carbocycles. The molecule has 0 N–H and O–H groups in total. The molecule has 0 amide bonds. The van der Waals surface area contributed by atoms with Crippen LogP contribution in [0, 0.1) is 37.1 Å². The Morgan fingerprint density at radius 1 is 0.683 bits per heavy atom. The number of rotatable bonds is 8. The number of morpholine rings is 1. The minimum absolute atomic E-state index is 0.184. The van der Waals surface area contributed by atoms with Crippen LogP contribution in [-0.2, 0) is 35.8 Å². The molecule has 60 heavy (non-hydrogen) atoms. The highest BCUT2D eigenvalue weighted by atomic mass is 35.5. The van der Waals surface area contributed by atoms with Crippen LogP contribution in [0.25, 0.3) is 21.8 Å². The first kappa shape index (κ1) is 41.2. The van der Waals surface area contributed by atoms with Crippen molar-refractivity contribution in [1.82, 2.24) is 15.0 Å². The van der Waals surface area contributed by atoms with Gasteiger partial charge < -0.3 is 14.5 Å². The molecule has 308 valence electrons. The normalized spacial score (nSPS) is 14.7. The lowest BCUT2D eigenvalue weighted by atomic mass is 9.91. The maximum Gasteiger partial charge on any atom is 0.137 e. The first-order chi connectivity index (χ1) is 28.9. The molecule has 11 heteroatoms. The topological polar surface area (TPSA) is 54.4 Å². The summed E-state index contributed by atoms with van der Waals surface area (Å²) in [5.41, 5.74) is 9.75. The van der Waals surface area contributed by atoms with Gasteiger partial charge in [0.05, 0.1) is 69.0 Å². The highest BCUT2D eigenvalue weighted by Gasteiger charge is 2.40. The summed E-state index contributed by atoms with van der Waals surface area (Å²) in [6.45, 7) is 11.8. The van der Waals surface area contributed by atoms with Gasteiger partial charge in [-0.2, -0.15) is 0 Å². The largest absolute Gasteiger partial charge is 0.378 e. The number of hydrogen-bond donors (Lipinski definition) is 0. The summed E-state index contributed by atoms with van der Waals surface area (Å²) < 4.78 is 62.7. The van der Waals surface area contributed by atoms with Gasteiger partial charge in [-0.25, -0.2) is 17.6 Å². The van der Waals surface area contributed by atoms with Crippen molar-refractivity contribution in [3.63, 3.8) is 0 Å². The van der Waals surface area contributed by atoms with E-state index in [2.05, 4.69) is 46.8 Å². The van der Waals surface area contributed by atoms with E-state index in [0.717, 1.165) is 83.3 Å². The van der Waals surface area contributed by atoms with Crippen molar-refractivity contribution < 1.29 is 22.3 Å². The average Bonchev–Trinajstić information content (AvgIpc) is 3.51. The molecule has 7 aromatic rings. The lowest BCUT2D eigenvalue weighted by Crippen LogP contribution is -2.36. The van der Waals surface area contributed by atoms with E-state index in [-0.39, 0.29) is 16.3 Å². The zero-order chi connectivity index (χ0) is 42.1. The predicted molar refractivity (Wildman–Crippen MR) is 233 cm³/mol. The second-order valence-electron chi connectivity index (χ2n) is 16.2. The van der Waals surface area contributed by atoms with Gasteiger partial charge in [0.2, 0.25) is 0 Å². The molecule has 4 aromatic carbocycles. The van der Waals surface area contributed by atoms with Crippen molar-refractivity contribution in [1.29, 1.82) is 0 Å². The molecule has 3 aromatic heterocycles. The Balaban J connectivity index is 0.000000193. The van der Waals surface area contributed by atoms with Crippen molar-refractivity contribution >= 4 is 50.5 Å². The molecular weight excluding hydrogens is 786 g/mol. The summed E-state index contributed by atoms with van der Waals surface area (Å²) in [7, 11) is 0.